The highest BCUT2D eigenvalue weighted by Crippen LogP contribution is 2.21. The van der Waals surface area contributed by atoms with Crippen LogP contribution in [-0.4, -0.2) is 17.5 Å². The van der Waals surface area contributed by atoms with E-state index in [4.69, 9.17) is 5.10 Å². The fraction of sp³-hybridized carbons (Fsp3) is 0.0526. The summed E-state index contributed by atoms with van der Waals surface area (Å²) in [6, 6.07) is 24.3. The van der Waals surface area contributed by atoms with Crippen LogP contribution in [0.5, 0.6) is 0 Å². The maximum absolute atomic E-state index is 4.77. The zero-order chi connectivity index (χ0) is 16.2. The molecule has 0 unspecified atom stereocenters. The van der Waals surface area contributed by atoms with Gasteiger partial charge in [-0.3, -0.25) is 15.4 Å². The fourth-order valence-corrected chi connectivity index (χ4v) is 2.60. The van der Waals surface area contributed by atoms with Gasteiger partial charge >= 0.3 is 0 Å². The van der Waals surface area contributed by atoms with Crippen LogP contribution in [0.3, 0.4) is 0 Å². The lowest BCUT2D eigenvalue weighted by Gasteiger charge is -2.36. The topological polar surface area (TPSA) is 43.8 Å². The zero-order valence-corrected chi connectivity index (χ0v) is 13.1. The molecule has 0 saturated heterocycles. The number of aromatic nitrogens is 1. The Kier molecular flexibility index (Phi) is 3.81. The minimum atomic E-state index is 0.614. The van der Waals surface area contributed by atoms with E-state index in [0.29, 0.717) is 6.67 Å². The molecule has 0 spiro atoms. The van der Waals surface area contributed by atoms with Gasteiger partial charge in [0.2, 0.25) is 0 Å². The minimum Gasteiger partial charge on any atom is -0.278 e. The summed E-state index contributed by atoms with van der Waals surface area (Å²) in [7, 11) is 0. The number of amidine groups is 1. The molecule has 1 aromatic heterocycles. The molecule has 2 heterocycles. The Morgan fingerprint density at radius 2 is 1.38 bits per heavy atom. The molecule has 24 heavy (non-hydrogen) atoms. The van der Waals surface area contributed by atoms with Gasteiger partial charge in [0.1, 0.15) is 6.67 Å². The number of hydrazone groups is 1. The van der Waals surface area contributed by atoms with Crippen molar-refractivity contribution in [1.82, 2.24) is 10.4 Å². The summed E-state index contributed by atoms with van der Waals surface area (Å²) in [6.45, 7) is 0.614. The highest BCUT2D eigenvalue weighted by molar-refractivity contribution is 6.00. The van der Waals surface area contributed by atoms with Crippen molar-refractivity contribution in [2.45, 2.75) is 0 Å². The maximum atomic E-state index is 4.77. The van der Waals surface area contributed by atoms with Crippen LogP contribution < -0.4 is 15.4 Å². The molecule has 5 heteroatoms. The smallest absolute Gasteiger partial charge is 0.172 e. The summed E-state index contributed by atoms with van der Waals surface area (Å²) in [5, 5.41) is 8.83. The van der Waals surface area contributed by atoms with Crippen molar-refractivity contribution in [3.8, 4) is 0 Å². The van der Waals surface area contributed by atoms with Crippen molar-refractivity contribution in [3.05, 3.63) is 90.8 Å². The molecule has 0 aliphatic carbocycles. The summed E-state index contributed by atoms with van der Waals surface area (Å²) >= 11 is 0. The molecule has 0 bridgehead atoms. The van der Waals surface area contributed by atoms with E-state index in [0.717, 1.165) is 22.8 Å². The normalized spacial score (nSPS) is 14.1. The molecule has 2 aromatic carbocycles. The van der Waals surface area contributed by atoms with Crippen LogP contribution in [-0.2, 0) is 0 Å². The standard InChI is InChI=1S/C19H17N5/c1-3-7-17(8-4-1)23-15-24(18-9-5-2-6-10-18)22-19(21-23)16-11-13-20-14-12-16/h1-14H,15H2,(H,21,22). The summed E-state index contributed by atoms with van der Waals surface area (Å²) in [5.74, 6) is 0.788. The van der Waals surface area contributed by atoms with Crippen molar-refractivity contribution in [1.29, 1.82) is 0 Å². The van der Waals surface area contributed by atoms with Crippen LogP contribution >= 0.6 is 0 Å². The third kappa shape index (κ3) is 2.92. The molecular formula is C19H17N5. The third-order valence-electron chi connectivity index (χ3n) is 3.81. The Morgan fingerprint density at radius 1 is 0.750 bits per heavy atom. The first kappa shape index (κ1) is 14.3. The van der Waals surface area contributed by atoms with Gasteiger partial charge in [0.15, 0.2) is 5.84 Å². The molecule has 0 fully saturated rings. The quantitative estimate of drug-likeness (QED) is 0.806. The van der Waals surface area contributed by atoms with Crippen LogP contribution in [0, 0.1) is 0 Å². The highest BCUT2D eigenvalue weighted by Gasteiger charge is 2.21. The van der Waals surface area contributed by atoms with Gasteiger partial charge < -0.3 is 0 Å². The molecule has 0 saturated carbocycles. The first-order chi connectivity index (χ1) is 11.9. The van der Waals surface area contributed by atoms with Gasteiger partial charge in [-0.25, -0.2) is 5.01 Å². The monoisotopic (exact) mass is 315 g/mol. The van der Waals surface area contributed by atoms with E-state index in [1.54, 1.807) is 12.4 Å². The number of nitrogens with zero attached hydrogens (tertiary/aromatic N) is 4. The molecule has 1 aliphatic heterocycles. The van der Waals surface area contributed by atoms with Crippen LogP contribution in [0.25, 0.3) is 0 Å². The lowest BCUT2D eigenvalue weighted by Crippen LogP contribution is -2.53. The average Bonchev–Trinajstić information content (AvgIpc) is 2.70. The summed E-state index contributed by atoms with van der Waals surface area (Å²) in [5.41, 5.74) is 6.52. The lowest BCUT2D eigenvalue weighted by atomic mass is 10.2. The predicted octanol–water partition coefficient (Wildman–Crippen LogP) is 3.23. The number of benzene rings is 2. The molecule has 0 atom stereocenters. The molecule has 1 aliphatic rings. The SMILES string of the molecule is c1ccc(N2CN(c3ccccc3)NC(c3ccncc3)=N2)cc1. The summed E-state index contributed by atoms with van der Waals surface area (Å²) in [6.07, 6.45) is 3.54. The van der Waals surface area contributed by atoms with Gasteiger partial charge in [0.05, 0.1) is 11.4 Å². The van der Waals surface area contributed by atoms with Crippen LogP contribution in [0.2, 0.25) is 0 Å². The van der Waals surface area contributed by atoms with Crippen molar-refractivity contribution >= 4 is 17.2 Å². The van der Waals surface area contributed by atoms with Crippen molar-refractivity contribution in [2.24, 2.45) is 5.10 Å². The Bertz CT molecular complexity index is 818. The van der Waals surface area contributed by atoms with E-state index in [-0.39, 0.29) is 0 Å². The third-order valence-corrected chi connectivity index (χ3v) is 3.81. The molecule has 0 radical (unpaired) electrons. The number of rotatable bonds is 3. The number of hydrogen-bond donors (Lipinski definition) is 1. The Morgan fingerprint density at radius 3 is 2.04 bits per heavy atom. The Balaban J connectivity index is 1.73. The van der Waals surface area contributed by atoms with Crippen molar-refractivity contribution in [2.75, 3.05) is 16.7 Å². The van der Waals surface area contributed by atoms with E-state index >= 15 is 0 Å². The van der Waals surface area contributed by atoms with Gasteiger partial charge in [-0.05, 0) is 36.4 Å². The number of hydrazine groups is 1. The van der Waals surface area contributed by atoms with Gasteiger partial charge in [-0.1, -0.05) is 36.4 Å². The Labute approximate surface area is 140 Å². The first-order valence-corrected chi connectivity index (χ1v) is 7.81. The largest absolute Gasteiger partial charge is 0.278 e. The number of nitrogens with one attached hydrogen (secondary N) is 1. The van der Waals surface area contributed by atoms with Crippen LogP contribution in [0.15, 0.2) is 90.3 Å². The van der Waals surface area contributed by atoms with Gasteiger partial charge in [-0.15, -0.1) is 0 Å². The highest BCUT2D eigenvalue weighted by atomic mass is 15.7. The van der Waals surface area contributed by atoms with Crippen LogP contribution in [0.4, 0.5) is 11.4 Å². The molecule has 4 rings (SSSR count). The molecule has 118 valence electrons. The first-order valence-electron chi connectivity index (χ1n) is 7.81. The van der Waals surface area contributed by atoms with Crippen molar-refractivity contribution < 1.29 is 0 Å². The number of para-hydroxylation sites is 2. The van der Waals surface area contributed by atoms with Gasteiger partial charge in [0.25, 0.3) is 0 Å². The number of anilines is 2. The fourth-order valence-electron chi connectivity index (χ4n) is 2.60. The van der Waals surface area contributed by atoms with E-state index in [9.17, 15) is 0 Å². The molecule has 1 N–H and O–H groups in total. The van der Waals surface area contributed by atoms with E-state index in [1.165, 1.54) is 0 Å². The summed E-state index contributed by atoms with van der Waals surface area (Å²) in [4.78, 5) is 4.08. The molecule has 5 nitrogen and oxygen atoms in total. The maximum Gasteiger partial charge on any atom is 0.172 e. The van der Waals surface area contributed by atoms with E-state index in [2.05, 4.69) is 39.7 Å². The van der Waals surface area contributed by atoms with Crippen molar-refractivity contribution in [3.63, 3.8) is 0 Å². The average molecular weight is 315 g/mol. The van der Waals surface area contributed by atoms with Crippen LogP contribution in [0.1, 0.15) is 5.56 Å². The summed E-state index contributed by atoms with van der Waals surface area (Å²) < 4.78 is 0. The Hall–Kier alpha value is -3.34. The number of hydrogen-bond acceptors (Lipinski definition) is 5. The van der Waals surface area contributed by atoms with E-state index in [1.807, 2.05) is 53.5 Å². The van der Waals surface area contributed by atoms with E-state index < -0.39 is 0 Å². The van der Waals surface area contributed by atoms with Gasteiger partial charge in [-0.2, -0.15) is 5.10 Å². The predicted molar refractivity (Wildman–Crippen MR) is 96.6 cm³/mol. The minimum absolute atomic E-state index is 0.614. The van der Waals surface area contributed by atoms with Gasteiger partial charge in [0, 0.05) is 18.0 Å². The molecule has 0 amide bonds. The zero-order valence-electron chi connectivity index (χ0n) is 13.1. The second-order valence-electron chi connectivity index (χ2n) is 5.44. The second-order valence-corrected chi connectivity index (χ2v) is 5.44. The number of pyridine rings is 1. The molecular weight excluding hydrogens is 298 g/mol. The lowest BCUT2D eigenvalue weighted by molar-refractivity contribution is 0.679. The second kappa shape index (κ2) is 6.42. The molecule has 3 aromatic rings.